The molecule has 0 bridgehead atoms. The largest absolute Gasteiger partial charge is 0.237 e. The molecule has 0 aromatic carbocycles. The maximum absolute atomic E-state index is 7.98. The predicted octanol–water partition coefficient (Wildman–Crippen LogP) is 0.868. The molecule has 0 spiro atoms. The maximum atomic E-state index is 7.98. The van der Waals surface area contributed by atoms with Gasteiger partial charge in [-0.3, -0.25) is 0 Å². The third kappa shape index (κ3) is 5.41. The first kappa shape index (κ1) is 7.41. The van der Waals surface area contributed by atoms with E-state index in [9.17, 15) is 0 Å². The molecule has 0 unspecified atom stereocenters. The lowest BCUT2D eigenvalue weighted by Crippen LogP contribution is -1.94. The van der Waals surface area contributed by atoms with Crippen LogP contribution < -0.4 is 0 Å². The zero-order valence-electron chi connectivity index (χ0n) is 4.89. The van der Waals surface area contributed by atoms with E-state index in [4.69, 9.17) is 5.26 Å². The fraction of sp³-hybridized carbons (Fsp3) is 0.800. The van der Waals surface area contributed by atoms with Gasteiger partial charge in [-0.1, -0.05) is 0 Å². The summed E-state index contributed by atoms with van der Waals surface area (Å²) in [6, 6.07) is 1.92. The molecule has 0 aromatic rings. The quantitative estimate of drug-likeness (QED) is 0.310. The molecule has 0 radical (unpaired) electrons. The smallest absolute Gasteiger partial charge is 0.0952 e. The highest BCUT2D eigenvalue weighted by Gasteiger charge is 1.81. The zero-order chi connectivity index (χ0) is 6.24. The lowest BCUT2D eigenvalue weighted by atomic mass is 10.5. The van der Waals surface area contributed by atoms with Crippen LogP contribution >= 0.6 is 0 Å². The summed E-state index contributed by atoms with van der Waals surface area (Å²) in [5.41, 5.74) is 0. The summed E-state index contributed by atoms with van der Waals surface area (Å²) in [5, 5.41) is 7.98. The Morgan fingerprint density at radius 1 is 1.50 bits per heavy atom. The molecule has 0 N–H and O–H groups in total. The molecule has 0 saturated carbocycles. The summed E-state index contributed by atoms with van der Waals surface area (Å²) < 4.78 is 0. The van der Waals surface area contributed by atoms with E-state index in [2.05, 4.69) is 9.78 Å². The van der Waals surface area contributed by atoms with Crippen molar-refractivity contribution < 1.29 is 9.78 Å². The van der Waals surface area contributed by atoms with Gasteiger partial charge >= 0.3 is 0 Å². The van der Waals surface area contributed by atoms with Gasteiger partial charge in [-0.05, 0) is 6.92 Å². The summed E-state index contributed by atoms with van der Waals surface area (Å²) in [6.07, 6.45) is 0.389. The van der Waals surface area contributed by atoms with Crippen molar-refractivity contribution in [2.24, 2.45) is 0 Å². The van der Waals surface area contributed by atoms with Crippen molar-refractivity contribution in [1.82, 2.24) is 0 Å². The Balaban J connectivity index is 2.65. The minimum Gasteiger partial charge on any atom is -0.237 e. The van der Waals surface area contributed by atoms with E-state index in [1.165, 1.54) is 0 Å². The second-order valence-corrected chi connectivity index (χ2v) is 1.14. The first-order valence-electron chi connectivity index (χ1n) is 2.53. The molecule has 0 aliphatic heterocycles. The van der Waals surface area contributed by atoms with Crippen LogP contribution in [0.25, 0.3) is 0 Å². The van der Waals surface area contributed by atoms with Crippen molar-refractivity contribution in [3.63, 3.8) is 0 Å². The minimum absolute atomic E-state index is 0.365. The molecule has 3 nitrogen and oxygen atoms in total. The number of nitrogens with zero attached hydrogens (tertiary/aromatic N) is 1. The molecule has 0 amide bonds. The summed E-state index contributed by atoms with van der Waals surface area (Å²) in [5.74, 6) is 0. The first-order chi connectivity index (χ1) is 3.91. The maximum Gasteiger partial charge on any atom is 0.0952 e. The molecule has 0 atom stereocenters. The Morgan fingerprint density at radius 3 is 2.75 bits per heavy atom. The van der Waals surface area contributed by atoms with Crippen LogP contribution in [0, 0.1) is 11.3 Å². The van der Waals surface area contributed by atoms with Gasteiger partial charge in [0.2, 0.25) is 0 Å². The SMILES string of the molecule is CCOOCCC#N. The monoisotopic (exact) mass is 115 g/mol. The highest BCUT2D eigenvalue weighted by Crippen LogP contribution is 1.80. The van der Waals surface area contributed by atoms with Crippen LogP contribution in [0.2, 0.25) is 0 Å². The van der Waals surface area contributed by atoms with Crippen molar-refractivity contribution >= 4 is 0 Å². The molecule has 8 heavy (non-hydrogen) atoms. The van der Waals surface area contributed by atoms with Crippen molar-refractivity contribution in [2.45, 2.75) is 13.3 Å². The van der Waals surface area contributed by atoms with Crippen molar-refractivity contribution in [2.75, 3.05) is 13.2 Å². The molecule has 3 heteroatoms. The standard InChI is InChI=1S/C5H9NO2/c1-2-7-8-5-3-4-6/h2-3,5H2,1H3. The molecule has 0 aliphatic rings. The third-order valence-electron chi connectivity index (χ3n) is 0.498. The molecule has 0 heterocycles. The topological polar surface area (TPSA) is 42.2 Å². The van der Waals surface area contributed by atoms with E-state index in [-0.39, 0.29) is 0 Å². The Hall–Kier alpha value is -0.590. The number of rotatable bonds is 4. The van der Waals surface area contributed by atoms with E-state index in [1.807, 2.05) is 13.0 Å². The summed E-state index contributed by atoms with van der Waals surface area (Å²) in [6.45, 7) is 2.72. The first-order valence-corrected chi connectivity index (χ1v) is 2.53. The van der Waals surface area contributed by atoms with Crippen molar-refractivity contribution in [3.8, 4) is 6.07 Å². The van der Waals surface area contributed by atoms with E-state index >= 15 is 0 Å². The van der Waals surface area contributed by atoms with Gasteiger partial charge in [-0.25, -0.2) is 9.78 Å². The summed E-state index contributed by atoms with van der Waals surface area (Å²) >= 11 is 0. The molecule has 0 rings (SSSR count). The summed E-state index contributed by atoms with van der Waals surface area (Å²) in [4.78, 5) is 8.99. The Labute approximate surface area is 48.7 Å². The Bertz CT molecular complexity index is 77.0. The normalized spacial score (nSPS) is 8.50. The van der Waals surface area contributed by atoms with Crippen LogP contribution in [0.15, 0.2) is 0 Å². The van der Waals surface area contributed by atoms with E-state index in [0.29, 0.717) is 19.6 Å². The highest BCUT2D eigenvalue weighted by atomic mass is 17.2. The van der Waals surface area contributed by atoms with Crippen molar-refractivity contribution in [1.29, 1.82) is 5.26 Å². The lowest BCUT2D eigenvalue weighted by Gasteiger charge is -1.94. The van der Waals surface area contributed by atoms with Gasteiger partial charge in [-0.15, -0.1) is 0 Å². The summed E-state index contributed by atoms with van der Waals surface area (Å²) in [7, 11) is 0. The fourth-order valence-corrected chi connectivity index (χ4v) is 0.230. The zero-order valence-corrected chi connectivity index (χ0v) is 4.89. The predicted molar refractivity (Wildman–Crippen MR) is 27.8 cm³/mol. The molecule has 0 saturated heterocycles. The van der Waals surface area contributed by atoms with E-state index in [0.717, 1.165) is 0 Å². The van der Waals surface area contributed by atoms with Gasteiger partial charge in [0.1, 0.15) is 0 Å². The van der Waals surface area contributed by atoms with Gasteiger partial charge < -0.3 is 0 Å². The van der Waals surface area contributed by atoms with Gasteiger partial charge in [0.15, 0.2) is 0 Å². The van der Waals surface area contributed by atoms with Gasteiger partial charge in [0.05, 0.1) is 25.7 Å². The third-order valence-corrected chi connectivity index (χ3v) is 0.498. The molecular weight excluding hydrogens is 106 g/mol. The Morgan fingerprint density at radius 2 is 2.25 bits per heavy atom. The molecular formula is C5H9NO2. The van der Waals surface area contributed by atoms with Crippen LogP contribution in [0.5, 0.6) is 0 Å². The molecule has 0 fully saturated rings. The second kappa shape index (κ2) is 6.41. The van der Waals surface area contributed by atoms with Crippen LogP contribution in [-0.2, 0) is 9.78 Å². The Kier molecular flexibility index (Phi) is 5.94. The fourth-order valence-electron chi connectivity index (χ4n) is 0.230. The molecule has 0 aromatic heterocycles. The van der Waals surface area contributed by atoms with Crippen LogP contribution in [0.4, 0.5) is 0 Å². The second-order valence-electron chi connectivity index (χ2n) is 1.14. The van der Waals surface area contributed by atoms with Crippen LogP contribution in [0.3, 0.4) is 0 Å². The van der Waals surface area contributed by atoms with Gasteiger partial charge in [0.25, 0.3) is 0 Å². The lowest BCUT2D eigenvalue weighted by molar-refractivity contribution is -0.289. The highest BCUT2D eigenvalue weighted by molar-refractivity contribution is 4.66. The molecule has 46 valence electrons. The average molecular weight is 115 g/mol. The van der Waals surface area contributed by atoms with Crippen LogP contribution in [-0.4, -0.2) is 13.2 Å². The van der Waals surface area contributed by atoms with Gasteiger partial charge in [0, 0.05) is 0 Å². The van der Waals surface area contributed by atoms with Crippen molar-refractivity contribution in [3.05, 3.63) is 0 Å². The van der Waals surface area contributed by atoms with Gasteiger partial charge in [-0.2, -0.15) is 5.26 Å². The number of hydrogen-bond donors (Lipinski definition) is 0. The molecule has 0 aliphatic carbocycles. The number of hydrogen-bond acceptors (Lipinski definition) is 3. The van der Waals surface area contributed by atoms with E-state index < -0.39 is 0 Å². The minimum atomic E-state index is 0.365. The van der Waals surface area contributed by atoms with Crippen LogP contribution in [0.1, 0.15) is 13.3 Å². The average Bonchev–Trinajstić information content (AvgIpc) is 1.81. The van der Waals surface area contributed by atoms with E-state index in [1.54, 1.807) is 0 Å². The number of nitriles is 1.